The summed E-state index contributed by atoms with van der Waals surface area (Å²) in [7, 11) is -5.41. The first-order chi connectivity index (χ1) is 16.3. The lowest BCUT2D eigenvalue weighted by Crippen LogP contribution is -2.36. The van der Waals surface area contributed by atoms with E-state index in [1.54, 1.807) is 24.3 Å². The molecular formula is C24H19Cl2N3O3S2. The van der Waals surface area contributed by atoms with E-state index in [1.165, 1.54) is 30.5 Å². The highest BCUT2D eigenvalue weighted by molar-refractivity contribution is 7.89. The van der Waals surface area contributed by atoms with Crippen LogP contribution in [-0.2, 0) is 34.0 Å². The summed E-state index contributed by atoms with van der Waals surface area (Å²) in [5.74, 6) is 0. The number of nitrogens with zero attached hydrogens (tertiary/aromatic N) is 3. The van der Waals surface area contributed by atoms with Crippen LogP contribution in [0.2, 0.25) is 10.0 Å². The number of benzene rings is 3. The van der Waals surface area contributed by atoms with E-state index in [0.29, 0.717) is 32.6 Å². The van der Waals surface area contributed by atoms with E-state index in [0.717, 1.165) is 9.65 Å². The molecule has 0 spiro atoms. The van der Waals surface area contributed by atoms with E-state index in [9.17, 15) is 12.6 Å². The fourth-order valence-corrected chi connectivity index (χ4v) is 6.94. The van der Waals surface area contributed by atoms with Gasteiger partial charge in [0.25, 0.3) is 10.0 Å². The molecule has 0 radical (unpaired) electrons. The molecule has 2 atom stereocenters. The highest BCUT2D eigenvalue weighted by Crippen LogP contribution is 2.37. The molecule has 0 bridgehead atoms. The Morgan fingerprint density at radius 2 is 1.50 bits per heavy atom. The van der Waals surface area contributed by atoms with E-state index in [-0.39, 0.29) is 17.5 Å². The van der Waals surface area contributed by atoms with Crippen molar-refractivity contribution >= 4 is 44.2 Å². The van der Waals surface area contributed by atoms with Crippen molar-refractivity contribution in [1.29, 1.82) is 0 Å². The van der Waals surface area contributed by atoms with Crippen LogP contribution in [0.3, 0.4) is 0 Å². The fraction of sp³-hybridized carbons (Fsp3) is 0.125. The number of hydrogen-bond donors (Lipinski definition) is 0. The van der Waals surface area contributed by atoms with Gasteiger partial charge in [-0.15, -0.1) is 0 Å². The van der Waals surface area contributed by atoms with Crippen LogP contribution in [0.1, 0.15) is 22.9 Å². The summed E-state index contributed by atoms with van der Waals surface area (Å²) in [6.45, 7) is 0.278. The van der Waals surface area contributed by atoms with Gasteiger partial charge in [-0.3, -0.25) is 0 Å². The first-order valence-electron chi connectivity index (χ1n) is 10.4. The molecule has 34 heavy (non-hydrogen) atoms. The highest BCUT2D eigenvalue weighted by Gasteiger charge is 2.36. The average molecular weight is 532 g/mol. The number of halogens is 2. The van der Waals surface area contributed by atoms with E-state index in [2.05, 4.69) is 5.10 Å². The van der Waals surface area contributed by atoms with Crippen molar-refractivity contribution in [3.05, 3.63) is 112 Å². The third kappa shape index (κ3) is 4.32. The van der Waals surface area contributed by atoms with Crippen LogP contribution in [0.4, 0.5) is 0 Å². The van der Waals surface area contributed by atoms with E-state index in [1.807, 2.05) is 34.6 Å². The summed E-state index contributed by atoms with van der Waals surface area (Å²) < 4.78 is 43.3. The smallest absolute Gasteiger partial charge is 0.237 e. The molecular weight excluding hydrogens is 513 g/mol. The Balaban J connectivity index is 1.57. The first-order valence-corrected chi connectivity index (χ1v) is 13.7. The molecule has 0 N–H and O–H groups in total. The monoisotopic (exact) mass is 531 g/mol. The van der Waals surface area contributed by atoms with Gasteiger partial charge in [-0.05, 0) is 54.1 Å². The second-order valence-corrected chi connectivity index (χ2v) is 11.9. The van der Waals surface area contributed by atoms with Gasteiger partial charge in [0.2, 0.25) is 0 Å². The number of hydrogen-bond acceptors (Lipinski definition) is 4. The molecule has 1 aromatic heterocycles. The molecule has 5 rings (SSSR count). The molecule has 2 unspecified atom stereocenters. The predicted molar refractivity (Wildman–Crippen MR) is 133 cm³/mol. The Bertz CT molecular complexity index is 1460. The lowest BCUT2D eigenvalue weighted by Gasteiger charge is -2.34. The van der Waals surface area contributed by atoms with Crippen LogP contribution >= 0.6 is 23.2 Å². The van der Waals surface area contributed by atoms with Crippen LogP contribution in [0.15, 0.2) is 94.9 Å². The highest BCUT2D eigenvalue weighted by atomic mass is 35.5. The Morgan fingerprint density at radius 3 is 2.15 bits per heavy atom. The lowest BCUT2D eigenvalue weighted by molar-refractivity contribution is 0.310. The Kier molecular flexibility index (Phi) is 6.35. The second-order valence-electron chi connectivity index (χ2n) is 7.83. The minimum absolute atomic E-state index is 0.103. The van der Waals surface area contributed by atoms with E-state index in [4.69, 9.17) is 23.2 Å². The zero-order chi connectivity index (χ0) is 23.9. The zero-order valence-corrected chi connectivity index (χ0v) is 20.9. The van der Waals surface area contributed by atoms with Gasteiger partial charge in [0.1, 0.15) is 11.0 Å². The van der Waals surface area contributed by atoms with Crippen molar-refractivity contribution in [3.8, 4) is 0 Å². The standard InChI is InChI=1S/C24H19Cl2N3O3S2/c25-19-6-10-21(11-7-19)33(30)28-16-18-15-27-29(34(31,32)22-12-8-20(26)9-13-22)24(18)14-23(28)17-4-2-1-3-5-17/h1-13,15,23H,14,16H2. The fourth-order valence-electron chi connectivity index (χ4n) is 4.03. The van der Waals surface area contributed by atoms with E-state index < -0.39 is 21.0 Å². The SMILES string of the molecule is O=S(c1ccc(Cl)cc1)N1Cc2cnn(S(=O)(=O)c3ccc(Cl)cc3)c2CC1c1ccccc1. The Labute approximate surface area is 210 Å². The molecule has 0 saturated heterocycles. The summed E-state index contributed by atoms with van der Waals surface area (Å²) >= 11 is 11.9. The molecule has 3 aromatic carbocycles. The van der Waals surface area contributed by atoms with Crippen LogP contribution in [-0.4, -0.2) is 26.1 Å². The Hall–Kier alpha value is -2.49. The van der Waals surface area contributed by atoms with Crippen LogP contribution in [0, 0.1) is 0 Å². The summed E-state index contributed by atoms with van der Waals surface area (Å²) in [5, 5.41) is 5.24. The largest absolute Gasteiger partial charge is 0.283 e. The molecule has 6 nitrogen and oxygen atoms in total. The quantitative estimate of drug-likeness (QED) is 0.352. The van der Waals surface area contributed by atoms with Crippen molar-refractivity contribution in [2.75, 3.05) is 0 Å². The predicted octanol–water partition coefficient (Wildman–Crippen LogP) is 5.25. The molecule has 2 heterocycles. The molecule has 174 valence electrons. The third-order valence-electron chi connectivity index (χ3n) is 5.73. The van der Waals surface area contributed by atoms with Crippen molar-refractivity contribution in [3.63, 3.8) is 0 Å². The van der Waals surface area contributed by atoms with Crippen molar-refractivity contribution < 1.29 is 12.6 Å². The van der Waals surface area contributed by atoms with Gasteiger partial charge in [-0.2, -0.15) is 17.6 Å². The van der Waals surface area contributed by atoms with Crippen LogP contribution in [0.25, 0.3) is 0 Å². The Morgan fingerprint density at radius 1 is 0.882 bits per heavy atom. The van der Waals surface area contributed by atoms with E-state index >= 15 is 0 Å². The molecule has 1 aliphatic rings. The molecule has 0 aliphatic carbocycles. The van der Waals surface area contributed by atoms with Crippen LogP contribution in [0.5, 0.6) is 0 Å². The van der Waals surface area contributed by atoms with Gasteiger partial charge < -0.3 is 0 Å². The van der Waals surface area contributed by atoms with Gasteiger partial charge in [0.15, 0.2) is 0 Å². The summed E-state index contributed by atoms with van der Waals surface area (Å²) in [5.41, 5.74) is 2.23. The van der Waals surface area contributed by atoms with Crippen molar-refractivity contribution in [2.24, 2.45) is 0 Å². The first kappa shape index (κ1) is 23.3. The normalized spacial score (nSPS) is 17.3. The van der Waals surface area contributed by atoms with Gasteiger partial charge in [-0.1, -0.05) is 53.5 Å². The third-order valence-corrected chi connectivity index (χ3v) is 9.36. The molecule has 1 aliphatic heterocycles. The van der Waals surface area contributed by atoms with Crippen molar-refractivity contribution in [1.82, 2.24) is 13.5 Å². The van der Waals surface area contributed by atoms with Gasteiger partial charge >= 0.3 is 0 Å². The minimum Gasteiger partial charge on any atom is -0.237 e. The van der Waals surface area contributed by atoms with Gasteiger partial charge in [0.05, 0.1) is 27.7 Å². The topological polar surface area (TPSA) is 72.3 Å². The minimum atomic E-state index is -3.92. The number of rotatable bonds is 5. The average Bonchev–Trinajstić information content (AvgIpc) is 3.28. The van der Waals surface area contributed by atoms with Gasteiger partial charge in [-0.25, -0.2) is 8.51 Å². The summed E-state index contributed by atoms with van der Waals surface area (Å²) in [4.78, 5) is 0.723. The number of fused-ring (bicyclic) bond motifs is 1. The second kappa shape index (κ2) is 9.28. The molecule has 0 saturated carbocycles. The molecule has 10 heteroatoms. The zero-order valence-electron chi connectivity index (χ0n) is 17.7. The van der Waals surface area contributed by atoms with Crippen LogP contribution < -0.4 is 0 Å². The maximum atomic E-state index is 13.6. The molecule has 0 fully saturated rings. The maximum Gasteiger partial charge on any atom is 0.283 e. The lowest BCUT2D eigenvalue weighted by atomic mass is 9.97. The number of aromatic nitrogens is 2. The van der Waals surface area contributed by atoms with Crippen molar-refractivity contribution in [2.45, 2.75) is 28.8 Å². The molecule has 4 aromatic rings. The van der Waals surface area contributed by atoms with Gasteiger partial charge in [0, 0.05) is 28.6 Å². The summed E-state index contributed by atoms with van der Waals surface area (Å²) in [6, 6.07) is 22.2. The maximum absolute atomic E-state index is 13.6. The molecule has 0 amide bonds. The summed E-state index contributed by atoms with van der Waals surface area (Å²) in [6.07, 6.45) is 1.86.